The van der Waals surface area contributed by atoms with Crippen LogP contribution in [0.2, 0.25) is 0 Å². The molecule has 0 unspecified atom stereocenters. The minimum absolute atomic E-state index is 0.140. The van der Waals surface area contributed by atoms with Gasteiger partial charge in [-0.3, -0.25) is 4.79 Å². The average molecular weight is 251 g/mol. The van der Waals surface area contributed by atoms with Crippen LogP contribution in [-0.4, -0.2) is 29.7 Å². The molecular weight excluding hydrogens is 230 g/mol. The molecule has 0 saturated carbocycles. The first-order chi connectivity index (χ1) is 8.49. The Morgan fingerprint density at radius 2 is 2.33 bits per heavy atom. The Balaban J connectivity index is 2.47. The van der Waals surface area contributed by atoms with Crippen molar-refractivity contribution in [1.29, 1.82) is 0 Å². The number of rotatable bonds is 7. The molecular formula is C13H21N3O2. The number of hydrogen-bond donors (Lipinski definition) is 2. The zero-order valence-electron chi connectivity index (χ0n) is 11.2. The maximum atomic E-state index is 11.4. The number of nitrogens with one attached hydrogen (secondary N) is 2. The molecule has 2 N–H and O–H groups in total. The Morgan fingerprint density at radius 3 is 2.94 bits per heavy atom. The predicted molar refractivity (Wildman–Crippen MR) is 73.1 cm³/mol. The van der Waals surface area contributed by atoms with Gasteiger partial charge in [0.1, 0.15) is 11.6 Å². The van der Waals surface area contributed by atoms with Gasteiger partial charge < -0.3 is 15.0 Å². The highest BCUT2D eigenvalue weighted by molar-refractivity contribution is 5.33. The Kier molecular flexibility index (Phi) is 5.58. The Bertz CT molecular complexity index is 452. The lowest BCUT2D eigenvalue weighted by Crippen LogP contribution is -2.17. The van der Waals surface area contributed by atoms with E-state index >= 15 is 0 Å². The molecule has 5 heteroatoms. The van der Waals surface area contributed by atoms with Crippen molar-refractivity contribution < 1.29 is 4.74 Å². The van der Waals surface area contributed by atoms with Crippen LogP contribution in [0.4, 0.5) is 5.82 Å². The summed E-state index contributed by atoms with van der Waals surface area (Å²) < 4.78 is 5.35. The van der Waals surface area contributed by atoms with Crippen molar-refractivity contribution in [2.45, 2.75) is 26.7 Å². The third-order valence-electron chi connectivity index (χ3n) is 2.21. The molecule has 0 saturated heterocycles. The van der Waals surface area contributed by atoms with Gasteiger partial charge in [0.05, 0.1) is 13.2 Å². The highest BCUT2D eigenvalue weighted by atomic mass is 16.5. The fourth-order valence-corrected chi connectivity index (χ4v) is 1.34. The number of H-pyrrole nitrogens is 1. The molecule has 0 atom stereocenters. The van der Waals surface area contributed by atoms with Gasteiger partial charge >= 0.3 is 0 Å². The number of nitrogens with zero attached hydrogens (tertiary/aromatic N) is 1. The van der Waals surface area contributed by atoms with Crippen LogP contribution in [0.5, 0.6) is 0 Å². The van der Waals surface area contributed by atoms with Crippen LogP contribution < -0.4 is 10.9 Å². The monoisotopic (exact) mass is 251 g/mol. The molecule has 1 aromatic heterocycles. The number of hydrogen-bond acceptors (Lipinski definition) is 4. The van der Waals surface area contributed by atoms with Crippen LogP contribution in [0.1, 0.15) is 32.5 Å². The Morgan fingerprint density at radius 1 is 1.61 bits per heavy atom. The summed E-state index contributed by atoms with van der Waals surface area (Å²) in [6.07, 6.45) is 0. The number of anilines is 1. The van der Waals surface area contributed by atoms with Gasteiger partial charge in [-0.15, -0.1) is 0 Å². The molecule has 18 heavy (non-hydrogen) atoms. The van der Waals surface area contributed by atoms with Crippen molar-refractivity contribution in [3.8, 4) is 0 Å². The summed E-state index contributed by atoms with van der Waals surface area (Å²) in [5.41, 5.74) is 0.852. The Labute approximate surface area is 107 Å². The van der Waals surface area contributed by atoms with Crippen molar-refractivity contribution in [2.24, 2.45) is 0 Å². The third kappa shape index (κ3) is 5.14. The predicted octanol–water partition coefficient (Wildman–Crippen LogP) is 1.90. The second kappa shape index (κ2) is 6.96. The SMILES string of the molecule is C=C(C)COCCNc1cc(=O)[nH]c(C(C)C)n1. The zero-order chi connectivity index (χ0) is 13.5. The molecule has 0 fully saturated rings. The summed E-state index contributed by atoms with van der Waals surface area (Å²) in [7, 11) is 0. The van der Waals surface area contributed by atoms with E-state index in [4.69, 9.17) is 4.74 Å². The first-order valence-electron chi connectivity index (χ1n) is 6.06. The summed E-state index contributed by atoms with van der Waals surface area (Å²) >= 11 is 0. The van der Waals surface area contributed by atoms with E-state index in [2.05, 4.69) is 21.9 Å². The van der Waals surface area contributed by atoms with Gasteiger partial charge in [-0.2, -0.15) is 0 Å². The smallest absolute Gasteiger partial charge is 0.252 e. The fourth-order valence-electron chi connectivity index (χ4n) is 1.34. The van der Waals surface area contributed by atoms with E-state index in [0.717, 1.165) is 5.57 Å². The molecule has 0 aliphatic heterocycles. The van der Waals surface area contributed by atoms with Crippen LogP contribution in [0.15, 0.2) is 23.0 Å². The largest absolute Gasteiger partial charge is 0.375 e. The average Bonchev–Trinajstić information content (AvgIpc) is 2.27. The van der Waals surface area contributed by atoms with E-state index in [1.54, 1.807) is 0 Å². The zero-order valence-corrected chi connectivity index (χ0v) is 11.2. The summed E-state index contributed by atoms with van der Waals surface area (Å²) in [5.74, 6) is 1.47. The normalized spacial score (nSPS) is 10.7. The summed E-state index contributed by atoms with van der Waals surface area (Å²) in [6, 6.07) is 1.45. The van der Waals surface area contributed by atoms with Crippen molar-refractivity contribution in [1.82, 2.24) is 9.97 Å². The Hall–Kier alpha value is -1.62. The lowest BCUT2D eigenvalue weighted by atomic mass is 10.2. The molecule has 5 nitrogen and oxygen atoms in total. The molecule has 1 aromatic rings. The second-order valence-corrected chi connectivity index (χ2v) is 4.61. The molecule has 0 aliphatic rings. The third-order valence-corrected chi connectivity index (χ3v) is 2.21. The molecule has 0 spiro atoms. The number of aromatic nitrogens is 2. The topological polar surface area (TPSA) is 67.0 Å². The van der Waals surface area contributed by atoms with Gasteiger partial charge in [-0.05, 0) is 6.92 Å². The van der Waals surface area contributed by atoms with Crippen molar-refractivity contribution in [3.05, 3.63) is 34.4 Å². The lowest BCUT2D eigenvalue weighted by Gasteiger charge is -2.09. The lowest BCUT2D eigenvalue weighted by molar-refractivity contribution is 0.167. The summed E-state index contributed by atoms with van der Waals surface area (Å²) in [6.45, 7) is 11.4. The second-order valence-electron chi connectivity index (χ2n) is 4.61. The van der Waals surface area contributed by atoms with Gasteiger partial charge in [0.25, 0.3) is 5.56 Å². The molecule has 1 heterocycles. The van der Waals surface area contributed by atoms with Gasteiger partial charge in [-0.1, -0.05) is 26.0 Å². The van der Waals surface area contributed by atoms with Crippen LogP contribution >= 0.6 is 0 Å². The first-order valence-corrected chi connectivity index (χ1v) is 6.06. The van der Waals surface area contributed by atoms with Crippen LogP contribution in [-0.2, 0) is 4.74 Å². The first kappa shape index (κ1) is 14.4. The maximum absolute atomic E-state index is 11.4. The molecule has 0 aliphatic carbocycles. The van der Waals surface area contributed by atoms with Crippen LogP contribution in [0.25, 0.3) is 0 Å². The van der Waals surface area contributed by atoms with Crippen LogP contribution in [0, 0.1) is 0 Å². The molecule has 0 bridgehead atoms. The minimum Gasteiger partial charge on any atom is -0.375 e. The van der Waals surface area contributed by atoms with Gasteiger partial charge in [0.2, 0.25) is 0 Å². The van der Waals surface area contributed by atoms with E-state index in [1.807, 2.05) is 20.8 Å². The van der Waals surface area contributed by atoms with E-state index in [0.29, 0.717) is 31.4 Å². The van der Waals surface area contributed by atoms with E-state index in [-0.39, 0.29) is 11.5 Å². The van der Waals surface area contributed by atoms with E-state index in [1.165, 1.54) is 6.07 Å². The fraction of sp³-hybridized carbons (Fsp3) is 0.538. The van der Waals surface area contributed by atoms with E-state index in [9.17, 15) is 4.79 Å². The van der Waals surface area contributed by atoms with Crippen molar-refractivity contribution >= 4 is 5.82 Å². The molecule has 0 aromatic carbocycles. The molecule has 1 rings (SSSR count). The van der Waals surface area contributed by atoms with Gasteiger partial charge in [0, 0.05) is 18.5 Å². The van der Waals surface area contributed by atoms with Gasteiger partial charge in [0.15, 0.2) is 0 Å². The quantitative estimate of drug-likeness (QED) is 0.573. The highest BCUT2D eigenvalue weighted by Crippen LogP contribution is 2.08. The number of ether oxygens (including phenoxy) is 1. The highest BCUT2D eigenvalue weighted by Gasteiger charge is 2.04. The molecule has 0 radical (unpaired) electrons. The summed E-state index contributed by atoms with van der Waals surface area (Å²) in [5, 5.41) is 3.07. The van der Waals surface area contributed by atoms with Gasteiger partial charge in [-0.25, -0.2) is 4.98 Å². The number of aromatic amines is 1. The molecule has 100 valence electrons. The van der Waals surface area contributed by atoms with E-state index < -0.39 is 0 Å². The standard InChI is InChI=1S/C13H21N3O2/c1-9(2)8-18-6-5-14-11-7-12(17)16-13(15-11)10(3)4/h7,10H,1,5-6,8H2,2-4H3,(H2,14,15,16,17). The summed E-state index contributed by atoms with van der Waals surface area (Å²) in [4.78, 5) is 18.5. The maximum Gasteiger partial charge on any atom is 0.252 e. The molecule has 0 amide bonds. The van der Waals surface area contributed by atoms with Crippen LogP contribution in [0.3, 0.4) is 0 Å². The van der Waals surface area contributed by atoms with Crippen molar-refractivity contribution in [3.63, 3.8) is 0 Å². The van der Waals surface area contributed by atoms with Crippen molar-refractivity contribution in [2.75, 3.05) is 25.1 Å². The minimum atomic E-state index is -0.140.